The Labute approximate surface area is 195 Å². The number of para-hydroxylation sites is 1. The molecule has 3 aromatic rings. The number of hydrogen-bond acceptors (Lipinski definition) is 4. The van der Waals surface area contributed by atoms with Crippen LogP contribution < -0.4 is 10.2 Å². The maximum atomic E-state index is 13.5. The molecule has 1 unspecified atom stereocenters. The molecule has 0 bridgehead atoms. The summed E-state index contributed by atoms with van der Waals surface area (Å²) in [5.41, 5.74) is 1.68. The Bertz CT molecular complexity index is 1150. The van der Waals surface area contributed by atoms with Crippen LogP contribution in [0.2, 0.25) is 0 Å². The zero-order valence-electron chi connectivity index (χ0n) is 19.6. The largest absolute Gasteiger partial charge is 0.494 e. The Kier molecular flexibility index (Phi) is 7.48. The molecule has 0 N–H and O–H groups in total. The maximum Gasteiger partial charge on any atom is 0.290 e. The van der Waals surface area contributed by atoms with Gasteiger partial charge in [-0.3, -0.25) is 9.59 Å². The summed E-state index contributed by atoms with van der Waals surface area (Å²) in [6.07, 6.45) is 7.62. The summed E-state index contributed by atoms with van der Waals surface area (Å²) < 4.78 is 11.9. The Morgan fingerprint density at radius 1 is 0.879 bits per heavy atom. The lowest BCUT2D eigenvalue weighted by molar-refractivity contribution is 0.0724. The molecule has 0 aliphatic carbocycles. The van der Waals surface area contributed by atoms with Crippen molar-refractivity contribution in [3.63, 3.8) is 0 Å². The summed E-state index contributed by atoms with van der Waals surface area (Å²) in [4.78, 5) is 28.6. The van der Waals surface area contributed by atoms with Crippen LogP contribution in [0.3, 0.4) is 0 Å². The highest BCUT2D eigenvalue weighted by Gasteiger charge is 2.42. The zero-order valence-corrected chi connectivity index (χ0v) is 19.6. The van der Waals surface area contributed by atoms with Gasteiger partial charge in [-0.2, -0.15) is 0 Å². The summed E-state index contributed by atoms with van der Waals surface area (Å²) in [5.74, 6) is 0.782. The van der Waals surface area contributed by atoms with E-state index in [1.54, 1.807) is 17.0 Å². The number of carbonyl (C=O) groups is 1. The second-order valence-electron chi connectivity index (χ2n) is 8.76. The molecule has 1 amide bonds. The van der Waals surface area contributed by atoms with Gasteiger partial charge in [-0.15, -0.1) is 0 Å². The van der Waals surface area contributed by atoms with Gasteiger partial charge in [0.2, 0.25) is 5.76 Å². The van der Waals surface area contributed by atoms with Crippen molar-refractivity contribution in [1.29, 1.82) is 0 Å². The minimum Gasteiger partial charge on any atom is -0.494 e. The number of rotatable bonds is 11. The molecule has 0 fully saturated rings. The molecule has 1 aromatic heterocycles. The number of amides is 1. The number of carbonyl (C=O) groups excluding carboxylic acids is 1. The second-order valence-corrected chi connectivity index (χ2v) is 8.76. The van der Waals surface area contributed by atoms with Crippen molar-refractivity contribution in [3.8, 4) is 5.75 Å². The minimum atomic E-state index is -0.441. The molecule has 2 aromatic carbocycles. The zero-order chi connectivity index (χ0) is 23.2. The first-order valence-electron chi connectivity index (χ1n) is 12.2. The first kappa shape index (κ1) is 23.1. The van der Waals surface area contributed by atoms with Gasteiger partial charge in [0.05, 0.1) is 23.6 Å². The predicted molar refractivity (Wildman–Crippen MR) is 131 cm³/mol. The van der Waals surface area contributed by atoms with Crippen LogP contribution in [-0.4, -0.2) is 24.0 Å². The fraction of sp³-hybridized carbons (Fsp3) is 0.429. The van der Waals surface area contributed by atoms with Crippen LogP contribution in [0.4, 0.5) is 0 Å². The molecule has 0 saturated heterocycles. The molecular weight excluding hydrogens is 414 g/mol. The number of unbranched alkanes of at least 4 members (excludes halogenated alkanes) is 5. The van der Waals surface area contributed by atoms with E-state index in [4.69, 9.17) is 9.15 Å². The van der Waals surface area contributed by atoms with E-state index in [-0.39, 0.29) is 17.1 Å². The van der Waals surface area contributed by atoms with Crippen LogP contribution in [0.15, 0.2) is 57.7 Å². The smallest absolute Gasteiger partial charge is 0.290 e. The van der Waals surface area contributed by atoms with Crippen LogP contribution >= 0.6 is 0 Å². The lowest BCUT2D eigenvalue weighted by atomic mass is 9.98. The maximum absolute atomic E-state index is 13.5. The summed E-state index contributed by atoms with van der Waals surface area (Å²) in [7, 11) is 0. The van der Waals surface area contributed by atoms with E-state index in [0.717, 1.165) is 37.0 Å². The van der Waals surface area contributed by atoms with Gasteiger partial charge in [-0.25, -0.2) is 0 Å². The molecule has 33 heavy (non-hydrogen) atoms. The summed E-state index contributed by atoms with van der Waals surface area (Å²) in [6, 6.07) is 14.5. The van der Waals surface area contributed by atoms with Crippen molar-refractivity contribution in [2.45, 2.75) is 64.8 Å². The fourth-order valence-electron chi connectivity index (χ4n) is 4.54. The van der Waals surface area contributed by atoms with E-state index >= 15 is 0 Å². The van der Waals surface area contributed by atoms with Gasteiger partial charge in [-0.1, -0.05) is 70.2 Å². The molecule has 5 nitrogen and oxygen atoms in total. The molecular formula is C28H33NO4. The molecule has 5 heteroatoms. The molecule has 0 saturated carbocycles. The Morgan fingerprint density at radius 2 is 1.61 bits per heavy atom. The minimum absolute atomic E-state index is 0.126. The normalized spacial score (nSPS) is 15.3. The quantitative estimate of drug-likeness (QED) is 0.315. The average Bonchev–Trinajstić information content (AvgIpc) is 3.11. The number of nitrogens with zero attached hydrogens (tertiary/aromatic N) is 1. The molecule has 0 radical (unpaired) electrons. The van der Waals surface area contributed by atoms with Crippen LogP contribution in [0.25, 0.3) is 11.0 Å². The molecule has 1 aliphatic rings. The van der Waals surface area contributed by atoms with Gasteiger partial charge in [0.1, 0.15) is 11.3 Å². The Balaban J connectivity index is 1.65. The third-order valence-electron chi connectivity index (χ3n) is 6.34. The highest BCUT2D eigenvalue weighted by atomic mass is 16.5. The SMILES string of the molecule is CCCCCCOc1ccc(C2c3c(oc4ccccc4c3=O)C(=O)N2CCCCC)cc1. The summed E-state index contributed by atoms with van der Waals surface area (Å²) in [6.45, 7) is 5.62. The van der Waals surface area contributed by atoms with Crippen molar-refractivity contribution >= 4 is 16.9 Å². The van der Waals surface area contributed by atoms with E-state index in [1.807, 2.05) is 36.4 Å². The van der Waals surface area contributed by atoms with E-state index < -0.39 is 6.04 Å². The Morgan fingerprint density at radius 3 is 2.36 bits per heavy atom. The Hall–Kier alpha value is -3.08. The highest BCUT2D eigenvalue weighted by Crippen LogP contribution is 2.38. The molecule has 2 heterocycles. The topological polar surface area (TPSA) is 59.8 Å². The molecule has 174 valence electrons. The highest BCUT2D eigenvalue weighted by molar-refractivity contribution is 5.99. The van der Waals surface area contributed by atoms with Crippen molar-refractivity contribution < 1.29 is 13.9 Å². The van der Waals surface area contributed by atoms with Gasteiger partial charge in [0.15, 0.2) is 5.43 Å². The molecule has 1 aliphatic heterocycles. The first-order valence-corrected chi connectivity index (χ1v) is 12.2. The average molecular weight is 448 g/mol. The third kappa shape index (κ3) is 4.82. The van der Waals surface area contributed by atoms with E-state index in [1.165, 1.54) is 19.3 Å². The van der Waals surface area contributed by atoms with Crippen LogP contribution in [0.5, 0.6) is 5.75 Å². The van der Waals surface area contributed by atoms with Gasteiger partial charge >= 0.3 is 0 Å². The van der Waals surface area contributed by atoms with Gasteiger partial charge in [0, 0.05) is 6.54 Å². The van der Waals surface area contributed by atoms with Crippen LogP contribution in [0, 0.1) is 0 Å². The monoisotopic (exact) mass is 447 g/mol. The number of fused-ring (bicyclic) bond motifs is 2. The summed E-state index contributed by atoms with van der Waals surface area (Å²) in [5, 5.41) is 0.511. The number of hydrogen-bond donors (Lipinski definition) is 0. The van der Waals surface area contributed by atoms with E-state index in [0.29, 0.717) is 29.7 Å². The van der Waals surface area contributed by atoms with Gasteiger partial charge in [0.25, 0.3) is 5.91 Å². The van der Waals surface area contributed by atoms with Crippen molar-refractivity contribution in [3.05, 3.63) is 75.6 Å². The van der Waals surface area contributed by atoms with Crippen LogP contribution in [0.1, 0.15) is 86.5 Å². The van der Waals surface area contributed by atoms with Crippen LogP contribution in [-0.2, 0) is 0 Å². The lowest BCUT2D eigenvalue weighted by Gasteiger charge is -2.25. The fourth-order valence-corrected chi connectivity index (χ4v) is 4.54. The van der Waals surface area contributed by atoms with E-state index in [2.05, 4.69) is 13.8 Å². The first-order chi connectivity index (χ1) is 16.2. The van der Waals surface area contributed by atoms with Crippen molar-refractivity contribution in [1.82, 2.24) is 4.90 Å². The van der Waals surface area contributed by atoms with Crippen molar-refractivity contribution in [2.75, 3.05) is 13.2 Å². The molecule has 4 rings (SSSR count). The summed E-state index contributed by atoms with van der Waals surface area (Å²) >= 11 is 0. The molecule has 0 spiro atoms. The lowest BCUT2D eigenvalue weighted by Crippen LogP contribution is -2.30. The molecule has 1 atom stereocenters. The third-order valence-corrected chi connectivity index (χ3v) is 6.34. The van der Waals surface area contributed by atoms with Gasteiger partial charge in [-0.05, 0) is 42.7 Å². The standard InChI is InChI=1S/C28H33NO4/c1-3-5-7-11-19-32-21-16-14-20(15-17-21)25-24-26(30)22-12-8-9-13-23(22)33-27(24)28(31)29(25)18-10-6-4-2/h8-9,12-17,25H,3-7,10-11,18-19H2,1-2H3. The predicted octanol–water partition coefficient (Wildman–Crippen LogP) is 6.49. The number of ether oxygens (including phenoxy) is 1. The number of benzene rings is 2. The second kappa shape index (κ2) is 10.7. The van der Waals surface area contributed by atoms with Gasteiger partial charge < -0.3 is 14.1 Å². The van der Waals surface area contributed by atoms with E-state index in [9.17, 15) is 9.59 Å². The van der Waals surface area contributed by atoms with Crippen molar-refractivity contribution in [2.24, 2.45) is 0 Å².